The highest BCUT2D eigenvalue weighted by molar-refractivity contribution is 6.62. The zero-order valence-electron chi connectivity index (χ0n) is 25.7. The minimum atomic E-state index is -0.365. The molecule has 2 aromatic heterocycles. The van der Waals surface area contributed by atoms with E-state index in [1.54, 1.807) is 18.5 Å². The van der Waals surface area contributed by atoms with E-state index in [2.05, 4.69) is 56.7 Å². The second-order valence-electron chi connectivity index (χ2n) is 12.8. The SMILES string of the molecule is CC1(C)CC(c2ccnc(N)c2)=CCO1.CC1(C)OB(c2ccnc(N)c2)OC1(C)C.CC1=CCOC(C)(C)C1. The largest absolute Gasteiger partial charge is 0.495 e. The van der Waals surface area contributed by atoms with E-state index in [1.807, 2.05) is 45.9 Å². The Balaban J connectivity index is 0.000000172. The van der Waals surface area contributed by atoms with E-state index in [-0.39, 0.29) is 29.5 Å². The van der Waals surface area contributed by atoms with Crippen LogP contribution in [-0.4, -0.2) is 52.7 Å². The van der Waals surface area contributed by atoms with Crippen molar-refractivity contribution < 1.29 is 18.8 Å². The van der Waals surface area contributed by atoms with Gasteiger partial charge in [-0.05, 0) is 110 Å². The monoisotopic (exact) mass is 550 g/mol. The highest BCUT2D eigenvalue weighted by atomic mass is 16.7. The van der Waals surface area contributed by atoms with Crippen molar-refractivity contribution in [1.82, 2.24) is 9.97 Å². The van der Waals surface area contributed by atoms with E-state index in [9.17, 15) is 0 Å². The first-order valence-corrected chi connectivity index (χ1v) is 13.9. The van der Waals surface area contributed by atoms with Crippen LogP contribution in [0.4, 0.5) is 11.6 Å². The van der Waals surface area contributed by atoms with Crippen LogP contribution in [0.2, 0.25) is 0 Å². The Labute approximate surface area is 240 Å². The number of hydrogen-bond donors (Lipinski definition) is 2. The fourth-order valence-electron chi connectivity index (χ4n) is 4.61. The maximum Gasteiger partial charge on any atom is 0.495 e. The van der Waals surface area contributed by atoms with Crippen LogP contribution in [0.25, 0.3) is 5.57 Å². The molecule has 0 spiro atoms. The van der Waals surface area contributed by atoms with Gasteiger partial charge in [-0.3, -0.25) is 0 Å². The quantitative estimate of drug-likeness (QED) is 0.381. The molecule has 2 aromatic rings. The molecule has 3 aliphatic rings. The first-order chi connectivity index (χ1) is 18.5. The van der Waals surface area contributed by atoms with E-state index in [0.717, 1.165) is 30.5 Å². The molecule has 1 fully saturated rings. The van der Waals surface area contributed by atoms with Gasteiger partial charge in [0.05, 0.1) is 35.6 Å². The summed E-state index contributed by atoms with van der Waals surface area (Å²) < 4.78 is 22.9. The van der Waals surface area contributed by atoms with Gasteiger partial charge in [0.15, 0.2) is 0 Å². The molecule has 3 aliphatic heterocycles. The molecule has 0 aliphatic carbocycles. The molecule has 0 atom stereocenters. The van der Waals surface area contributed by atoms with Gasteiger partial charge < -0.3 is 30.2 Å². The molecule has 0 amide bonds. The first-order valence-electron chi connectivity index (χ1n) is 13.9. The summed E-state index contributed by atoms with van der Waals surface area (Å²) >= 11 is 0. The Bertz CT molecular complexity index is 1210. The Morgan fingerprint density at radius 2 is 1.25 bits per heavy atom. The third kappa shape index (κ3) is 8.90. The minimum Gasteiger partial charge on any atom is -0.399 e. The average molecular weight is 551 g/mol. The normalized spacial score (nSPS) is 22.1. The summed E-state index contributed by atoms with van der Waals surface area (Å²) in [4.78, 5) is 7.94. The van der Waals surface area contributed by atoms with Crippen molar-refractivity contribution in [3.05, 3.63) is 59.9 Å². The lowest BCUT2D eigenvalue weighted by atomic mass is 9.80. The Morgan fingerprint density at radius 3 is 1.73 bits per heavy atom. The number of hydrogen-bond acceptors (Lipinski definition) is 8. The van der Waals surface area contributed by atoms with Crippen LogP contribution in [0.3, 0.4) is 0 Å². The van der Waals surface area contributed by atoms with Gasteiger partial charge in [-0.25, -0.2) is 9.97 Å². The summed E-state index contributed by atoms with van der Waals surface area (Å²) in [7, 11) is -0.365. The van der Waals surface area contributed by atoms with Crippen molar-refractivity contribution in [1.29, 1.82) is 0 Å². The van der Waals surface area contributed by atoms with Crippen LogP contribution in [0.15, 0.2) is 54.4 Å². The summed E-state index contributed by atoms with van der Waals surface area (Å²) in [6.07, 6.45) is 9.65. The molecular formula is C31H47BN4O4. The Hall–Kier alpha value is -2.72. The van der Waals surface area contributed by atoms with Gasteiger partial charge in [0, 0.05) is 18.8 Å². The summed E-state index contributed by atoms with van der Waals surface area (Å²) in [6, 6.07) is 7.54. The standard InChI is InChI=1S/C12H16N2O.C11H17BN2O2.C8H14O/c1-12(2)8-10(4-6-15-12)9-3-5-14-11(13)7-9;1-10(2)11(3,4)16-12(15-10)8-5-6-14-9(13)7-8;1-7-4-5-9-8(2,3)6-7/h3-5,7H,6,8H2,1-2H3,(H2,13,14);5-7H,1-4H3,(H2,13,14);4H,5-6H2,1-3H3. The van der Waals surface area contributed by atoms with Crippen LogP contribution >= 0.6 is 0 Å². The summed E-state index contributed by atoms with van der Waals surface area (Å²) in [6.45, 7) is 20.2. The molecule has 218 valence electrons. The summed E-state index contributed by atoms with van der Waals surface area (Å²) in [5, 5.41) is 0. The number of aromatic nitrogens is 2. The number of anilines is 2. The van der Waals surface area contributed by atoms with E-state index < -0.39 is 0 Å². The second kappa shape index (κ2) is 12.4. The van der Waals surface area contributed by atoms with Crippen molar-refractivity contribution in [2.75, 3.05) is 24.7 Å². The maximum absolute atomic E-state index is 5.90. The van der Waals surface area contributed by atoms with Crippen molar-refractivity contribution in [2.45, 2.75) is 97.6 Å². The number of pyridine rings is 2. The second-order valence-corrected chi connectivity index (χ2v) is 12.8. The molecule has 0 radical (unpaired) electrons. The number of nitrogen functional groups attached to an aromatic ring is 2. The maximum atomic E-state index is 5.90. The fourth-order valence-corrected chi connectivity index (χ4v) is 4.61. The topological polar surface area (TPSA) is 115 Å². The van der Waals surface area contributed by atoms with E-state index in [4.69, 9.17) is 30.2 Å². The molecule has 1 saturated heterocycles. The molecule has 5 rings (SSSR count). The van der Waals surface area contributed by atoms with Crippen LogP contribution in [0, 0.1) is 0 Å². The van der Waals surface area contributed by atoms with Crippen LogP contribution in [-0.2, 0) is 18.8 Å². The lowest BCUT2D eigenvalue weighted by Gasteiger charge is -2.32. The van der Waals surface area contributed by atoms with E-state index >= 15 is 0 Å². The van der Waals surface area contributed by atoms with E-state index in [0.29, 0.717) is 18.2 Å². The van der Waals surface area contributed by atoms with Gasteiger partial charge in [0.1, 0.15) is 11.6 Å². The Morgan fingerprint density at radius 1 is 0.725 bits per heavy atom. The molecular weight excluding hydrogens is 503 g/mol. The molecule has 5 heterocycles. The molecule has 4 N–H and O–H groups in total. The smallest absolute Gasteiger partial charge is 0.399 e. The zero-order chi connectivity index (χ0) is 29.8. The molecule has 0 bridgehead atoms. The molecule has 0 aromatic carbocycles. The van der Waals surface area contributed by atoms with Gasteiger partial charge in [0.25, 0.3) is 0 Å². The van der Waals surface area contributed by atoms with Gasteiger partial charge >= 0.3 is 7.12 Å². The van der Waals surface area contributed by atoms with Crippen LogP contribution in [0.5, 0.6) is 0 Å². The Kier molecular flexibility index (Phi) is 9.88. The lowest BCUT2D eigenvalue weighted by Crippen LogP contribution is -2.41. The van der Waals surface area contributed by atoms with Crippen LogP contribution in [0.1, 0.15) is 80.7 Å². The number of nitrogens with two attached hydrogens (primary N) is 2. The zero-order valence-corrected chi connectivity index (χ0v) is 25.7. The fraction of sp³-hybridized carbons (Fsp3) is 0.548. The lowest BCUT2D eigenvalue weighted by molar-refractivity contribution is -0.00932. The van der Waals surface area contributed by atoms with Crippen molar-refractivity contribution in [3.63, 3.8) is 0 Å². The highest BCUT2D eigenvalue weighted by Crippen LogP contribution is 2.36. The molecule has 8 nitrogen and oxygen atoms in total. The van der Waals surface area contributed by atoms with Gasteiger partial charge in [-0.1, -0.05) is 17.7 Å². The highest BCUT2D eigenvalue weighted by Gasteiger charge is 2.51. The van der Waals surface area contributed by atoms with Crippen molar-refractivity contribution in [2.24, 2.45) is 0 Å². The minimum absolute atomic E-state index is 0.0812. The van der Waals surface area contributed by atoms with Crippen LogP contribution < -0.4 is 16.9 Å². The van der Waals surface area contributed by atoms with Crippen molar-refractivity contribution >= 4 is 29.8 Å². The third-order valence-electron chi connectivity index (χ3n) is 7.51. The van der Waals surface area contributed by atoms with Gasteiger partial charge in [0.2, 0.25) is 0 Å². The molecule has 9 heteroatoms. The summed E-state index contributed by atoms with van der Waals surface area (Å²) in [5.74, 6) is 1.05. The number of nitrogens with zero attached hydrogens (tertiary/aromatic N) is 2. The molecule has 0 unspecified atom stereocenters. The predicted octanol–water partition coefficient (Wildman–Crippen LogP) is 5.34. The number of ether oxygens (including phenoxy) is 2. The molecule has 40 heavy (non-hydrogen) atoms. The van der Waals surface area contributed by atoms with Gasteiger partial charge in [-0.15, -0.1) is 0 Å². The third-order valence-corrected chi connectivity index (χ3v) is 7.51. The van der Waals surface area contributed by atoms with Crippen molar-refractivity contribution in [3.8, 4) is 0 Å². The first kappa shape index (κ1) is 31.8. The molecule has 0 saturated carbocycles. The predicted molar refractivity (Wildman–Crippen MR) is 164 cm³/mol. The number of rotatable bonds is 2. The average Bonchev–Trinajstić information content (AvgIpc) is 3.05. The summed E-state index contributed by atoms with van der Waals surface area (Å²) in [5.41, 5.74) is 15.5. The van der Waals surface area contributed by atoms with Gasteiger partial charge in [-0.2, -0.15) is 0 Å². The van der Waals surface area contributed by atoms with E-state index in [1.165, 1.54) is 11.1 Å².